The molecule has 0 saturated carbocycles. The van der Waals surface area contributed by atoms with E-state index in [1.165, 1.54) is 5.56 Å². The summed E-state index contributed by atoms with van der Waals surface area (Å²) >= 11 is 0. The predicted octanol–water partition coefficient (Wildman–Crippen LogP) is 2.65. The highest BCUT2D eigenvalue weighted by Gasteiger charge is 2.12. The lowest BCUT2D eigenvalue weighted by Gasteiger charge is -2.20. The van der Waals surface area contributed by atoms with Crippen LogP contribution in [0.4, 0.5) is 5.69 Å². The summed E-state index contributed by atoms with van der Waals surface area (Å²) in [5, 5.41) is 3.26. The first-order valence-electron chi connectivity index (χ1n) is 6.49. The van der Waals surface area contributed by atoms with Crippen molar-refractivity contribution in [3.05, 3.63) is 29.3 Å². The standard InChI is InChI=1S/C15H24N2O/c1-11(2)16-9-8-15(18)17(5)14-7-6-12(3)10-13(14)4/h6-7,10-11,16H,8-9H2,1-5H3. The lowest BCUT2D eigenvalue weighted by Crippen LogP contribution is -2.32. The minimum absolute atomic E-state index is 0.148. The summed E-state index contributed by atoms with van der Waals surface area (Å²) in [5.74, 6) is 0.148. The molecular formula is C15H24N2O. The van der Waals surface area contributed by atoms with Gasteiger partial charge in [-0.2, -0.15) is 0 Å². The Morgan fingerprint density at radius 2 is 2.00 bits per heavy atom. The summed E-state index contributed by atoms with van der Waals surface area (Å²) < 4.78 is 0. The fourth-order valence-electron chi connectivity index (χ4n) is 1.95. The Kier molecular flexibility index (Phi) is 5.35. The maximum Gasteiger partial charge on any atom is 0.228 e. The first kappa shape index (κ1) is 14.7. The van der Waals surface area contributed by atoms with Gasteiger partial charge in [0.25, 0.3) is 0 Å². The third-order valence-corrected chi connectivity index (χ3v) is 2.98. The summed E-state index contributed by atoms with van der Waals surface area (Å²) in [6.45, 7) is 8.99. The molecule has 0 spiro atoms. The van der Waals surface area contributed by atoms with Crippen LogP contribution in [-0.2, 0) is 4.79 Å². The van der Waals surface area contributed by atoms with Gasteiger partial charge in [0, 0.05) is 31.7 Å². The van der Waals surface area contributed by atoms with Gasteiger partial charge >= 0.3 is 0 Å². The molecule has 0 unspecified atom stereocenters. The summed E-state index contributed by atoms with van der Waals surface area (Å²) in [6.07, 6.45) is 0.530. The SMILES string of the molecule is Cc1ccc(N(C)C(=O)CCNC(C)C)c(C)c1. The molecule has 0 radical (unpaired) electrons. The smallest absolute Gasteiger partial charge is 0.228 e. The molecule has 0 atom stereocenters. The molecule has 0 saturated heterocycles. The van der Waals surface area contributed by atoms with Gasteiger partial charge in [0.2, 0.25) is 5.91 Å². The molecule has 1 aromatic rings. The van der Waals surface area contributed by atoms with E-state index in [-0.39, 0.29) is 5.91 Å². The van der Waals surface area contributed by atoms with Crippen LogP contribution in [0.1, 0.15) is 31.4 Å². The van der Waals surface area contributed by atoms with E-state index >= 15 is 0 Å². The monoisotopic (exact) mass is 248 g/mol. The van der Waals surface area contributed by atoms with Gasteiger partial charge in [-0.25, -0.2) is 0 Å². The third-order valence-electron chi connectivity index (χ3n) is 2.98. The number of anilines is 1. The van der Waals surface area contributed by atoms with Crippen molar-refractivity contribution >= 4 is 11.6 Å². The predicted molar refractivity (Wildman–Crippen MR) is 77.1 cm³/mol. The molecule has 3 heteroatoms. The van der Waals surface area contributed by atoms with E-state index in [9.17, 15) is 4.79 Å². The van der Waals surface area contributed by atoms with Gasteiger partial charge in [-0.05, 0) is 25.5 Å². The normalized spacial score (nSPS) is 10.8. The highest BCUT2D eigenvalue weighted by atomic mass is 16.2. The summed E-state index contributed by atoms with van der Waals surface area (Å²) in [6, 6.07) is 6.58. The topological polar surface area (TPSA) is 32.3 Å². The number of benzene rings is 1. The zero-order chi connectivity index (χ0) is 13.7. The molecule has 0 fully saturated rings. The van der Waals surface area contributed by atoms with Crippen LogP contribution in [0.15, 0.2) is 18.2 Å². The third kappa shape index (κ3) is 4.15. The van der Waals surface area contributed by atoms with Crippen molar-refractivity contribution in [1.82, 2.24) is 5.32 Å². The average Bonchev–Trinajstić information content (AvgIpc) is 2.27. The van der Waals surface area contributed by atoms with E-state index in [1.807, 2.05) is 26.1 Å². The molecule has 3 nitrogen and oxygen atoms in total. The second kappa shape index (κ2) is 6.55. The van der Waals surface area contributed by atoms with Crippen LogP contribution in [0, 0.1) is 13.8 Å². The van der Waals surface area contributed by atoms with Gasteiger partial charge in [0.05, 0.1) is 0 Å². The summed E-state index contributed by atoms with van der Waals surface area (Å²) in [7, 11) is 1.84. The van der Waals surface area contributed by atoms with E-state index < -0.39 is 0 Å². The Hall–Kier alpha value is -1.35. The Balaban J connectivity index is 2.63. The quantitative estimate of drug-likeness (QED) is 0.869. The number of hydrogen-bond donors (Lipinski definition) is 1. The van der Waals surface area contributed by atoms with E-state index in [2.05, 4.69) is 32.2 Å². The number of carbonyl (C=O) groups is 1. The first-order chi connectivity index (χ1) is 8.41. The molecule has 0 heterocycles. The van der Waals surface area contributed by atoms with Crippen molar-refractivity contribution in [3.63, 3.8) is 0 Å². The van der Waals surface area contributed by atoms with Gasteiger partial charge < -0.3 is 10.2 Å². The second-order valence-electron chi connectivity index (χ2n) is 5.10. The van der Waals surface area contributed by atoms with Crippen LogP contribution in [-0.4, -0.2) is 25.5 Å². The number of rotatable bonds is 5. The van der Waals surface area contributed by atoms with Crippen LogP contribution in [0.3, 0.4) is 0 Å². The van der Waals surface area contributed by atoms with Crippen molar-refractivity contribution in [2.24, 2.45) is 0 Å². The molecule has 18 heavy (non-hydrogen) atoms. The van der Waals surface area contributed by atoms with Crippen molar-refractivity contribution in [2.75, 3.05) is 18.5 Å². The van der Waals surface area contributed by atoms with E-state index in [0.29, 0.717) is 12.5 Å². The number of aryl methyl sites for hydroxylation is 2. The summed E-state index contributed by atoms with van der Waals surface area (Å²) in [4.78, 5) is 13.8. The van der Waals surface area contributed by atoms with Gasteiger partial charge in [0.15, 0.2) is 0 Å². The van der Waals surface area contributed by atoms with Crippen LogP contribution >= 0.6 is 0 Å². The molecule has 0 aromatic heterocycles. The lowest BCUT2D eigenvalue weighted by atomic mass is 10.1. The Morgan fingerprint density at radius 3 is 2.56 bits per heavy atom. The van der Waals surface area contributed by atoms with Crippen LogP contribution in [0.5, 0.6) is 0 Å². The average molecular weight is 248 g/mol. The number of hydrogen-bond acceptors (Lipinski definition) is 2. The molecule has 0 aliphatic carbocycles. The van der Waals surface area contributed by atoms with Crippen LogP contribution in [0.25, 0.3) is 0 Å². The molecule has 0 aliphatic heterocycles. The highest BCUT2D eigenvalue weighted by Crippen LogP contribution is 2.20. The molecule has 1 aromatic carbocycles. The minimum Gasteiger partial charge on any atom is -0.315 e. The fraction of sp³-hybridized carbons (Fsp3) is 0.533. The van der Waals surface area contributed by atoms with E-state index in [0.717, 1.165) is 17.8 Å². The van der Waals surface area contributed by atoms with Gasteiger partial charge in [-0.1, -0.05) is 31.5 Å². The molecule has 1 N–H and O–H groups in total. The summed E-state index contributed by atoms with van der Waals surface area (Å²) in [5.41, 5.74) is 3.36. The maximum atomic E-state index is 12.0. The molecule has 0 bridgehead atoms. The minimum atomic E-state index is 0.148. The number of nitrogens with zero attached hydrogens (tertiary/aromatic N) is 1. The van der Waals surface area contributed by atoms with Crippen LogP contribution < -0.4 is 10.2 Å². The van der Waals surface area contributed by atoms with Crippen molar-refractivity contribution in [3.8, 4) is 0 Å². The number of carbonyl (C=O) groups excluding carboxylic acids is 1. The Labute approximate surface area is 110 Å². The molecule has 100 valence electrons. The molecular weight excluding hydrogens is 224 g/mol. The van der Waals surface area contributed by atoms with Gasteiger partial charge in [0.1, 0.15) is 0 Å². The lowest BCUT2D eigenvalue weighted by molar-refractivity contribution is -0.118. The van der Waals surface area contributed by atoms with Crippen LogP contribution in [0.2, 0.25) is 0 Å². The maximum absolute atomic E-state index is 12.0. The van der Waals surface area contributed by atoms with E-state index in [4.69, 9.17) is 0 Å². The van der Waals surface area contributed by atoms with E-state index in [1.54, 1.807) is 4.90 Å². The first-order valence-corrected chi connectivity index (χ1v) is 6.49. The van der Waals surface area contributed by atoms with Gasteiger partial charge in [-0.15, -0.1) is 0 Å². The van der Waals surface area contributed by atoms with Crippen molar-refractivity contribution in [1.29, 1.82) is 0 Å². The second-order valence-corrected chi connectivity index (χ2v) is 5.10. The zero-order valence-corrected chi connectivity index (χ0v) is 12.1. The Morgan fingerprint density at radius 1 is 1.33 bits per heavy atom. The number of nitrogens with one attached hydrogen (secondary N) is 1. The largest absolute Gasteiger partial charge is 0.315 e. The zero-order valence-electron chi connectivity index (χ0n) is 12.1. The molecule has 0 aliphatic rings. The Bertz CT molecular complexity index is 413. The van der Waals surface area contributed by atoms with Crippen molar-refractivity contribution < 1.29 is 4.79 Å². The fourth-order valence-corrected chi connectivity index (χ4v) is 1.95. The molecule has 1 amide bonds. The van der Waals surface area contributed by atoms with Crippen molar-refractivity contribution in [2.45, 2.75) is 40.2 Å². The molecule has 1 rings (SSSR count). The number of amides is 1. The highest BCUT2D eigenvalue weighted by molar-refractivity contribution is 5.93. The van der Waals surface area contributed by atoms with Gasteiger partial charge in [-0.3, -0.25) is 4.79 Å².